The number of para-hydroxylation sites is 3. The second-order valence-corrected chi connectivity index (χ2v) is 15.0. The van der Waals surface area contributed by atoms with Crippen molar-refractivity contribution in [2.75, 3.05) is 4.90 Å². The van der Waals surface area contributed by atoms with Gasteiger partial charge in [-0.1, -0.05) is 170 Å². The molecule has 11 aromatic rings. The van der Waals surface area contributed by atoms with Crippen molar-refractivity contribution in [1.29, 1.82) is 0 Å². The van der Waals surface area contributed by atoms with Crippen LogP contribution in [0.4, 0.5) is 17.1 Å². The summed E-state index contributed by atoms with van der Waals surface area (Å²) in [6.07, 6.45) is 0. The maximum absolute atomic E-state index is 5.46. The van der Waals surface area contributed by atoms with Gasteiger partial charge in [-0.25, -0.2) is 9.97 Å². The van der Waals surface area contributed by atoms with Gasteiger partial charge in [0, 0.05) is 49.7 Å². The number of nitrogens with zero attached hydrogens (tertiary/aromatic N) is 3. The van der Waals surface area contributed by atoms with E-state index in [1.54, 1.807) is 0 Å². The number of anilines is 3. The Bertz CT molecular complexity index is 3250. The minimum atomic E-state index is 0.939. The molecule has 3 nitrogen and oxygen atoms in total. The SMILES string of the molecule is c1ccc(-c2ccc(-c3cc(-c4ccc5ccc6c(-c7ccccc7)nc7cc(N(c8ccccc8)c8ccccc8)ccc7c6c5c4)nc4ccccc34)cc2)cc1. The standard InChI is InChI=1S/C56H37N3/c1-5-15-38(16-6-1)39-25-27-40(28-26-39)50-37-53(57-52-24-14-13-23-47(50)52)43-30-29-41-31-33-49-55(51(41)35-43)48-34-32-46(36-54(48)58-56(49)42-17-7-2-8-18-42)59(44-19-9-3-10-20-44)45-21-11-4-12-22-45/h1-37H. The lowest BCUT2D eigenvalue weighted by Gasteiger charge is -2.26. The molecule has 11 rings (SSSR count). The molecule has 59 heavy (non-hydrogen) atoms. The van der Waals surface area contributed by atoms with Crippen LogP contribution < -0.4 is 4.90 Å². The quantitative estimate of drug-likeness (QED) is 0.152. The third-order valence-corrected chi connectivity index (χ3v) is 11.4. The number of hydrogen-bond acceptors (Lipinski definition) is 3. The number of rotatable bonds is 7. The van der Waals surface area contributed by atoms with Crippen LogP contribution in [-0.2, 0) is 0 Å². The van der Waals surface area contributed by atoms with Crippen LogP contribution in [0.3, 0.4) is 0 Å². The summed E-state index contributed by atoms with van der Waals surface area (Å²) in [5.41, 5.74) is 13.9. The monoisotopic (exact) mass is 751 g/mol. The minimum Gasteiger partial charge on any atom is -0.310 e. The van der Waals surface area contributed by atoms with Crippen LogP contribution in [0.5, 0.6) is 0 Å². The van der Waals surface area contributed by atoms with E-state index in [0.29, 0.717) is 0 Å². The Hall–Kier alpha value is -7.88. The van der Waals surface area contributed by atoms with Gasteiger partial charge in [0.15, 0.2) is 0 Å². The Morgan fingerprint density at radius 3 is 1.58 bits per heavy atom. The van der Waals surface area contributed by atoms with Crippen LogP contribution >= 0.6 is 0 Å². The highest BCUT2D eigenvalue weighted by Gasteiger charge is 2.18. The number of hydrogen-bond donors (Lipinski definition) is 0. The van der Waals surface area contributed by atoms with E-state index in [1.807, 2.05) is 0 Å². The molecule has 0 saturated carbocycles. The van der Waals surface area contributed by atoms with Crippen molar-refractivity contribution in [2.24, 2.45) is 0 Å². The van der Waals surface area contributed by atoms with E-state index < -0.39 is 0 Å². The molecule has 0 fully saturated rings. The first-order valence-electron chi connectivity index (χ1n) is 20.1. The molecule has 0 bridgehead atoms. The first kappa shape index (κ1) is 34.4. The van der Waals surface area contributed by atoms with E-state index in [0.717, 1.165) is 77.9 Å². The minimum absolute atomic E-state index is 0.939. The second-order valence-electron chi connectivity index (χ2n) is 15.0. The van der Waals surface area contributed by atoms with Crippen molar-refractivity contribution in [1.82, 2.24) is 9.97 Å². The summed E-state index contributed by atoms with van der Waals surface area (Å²) in [4.78, 5) is 13.0. The van der Waals surface area contributed by atoms with E-state index in [2.05, 4.69) is 229 Å². The summed E-state index contributed by atoms with van der Waals surface area (Å²) in [5, 5.41) is 6.89. The molecule has 9 aromatic carbocycles. The molecule has 2 aromatic heterocycles. The predicted molar refractivity (Wildman–Crippen MR) is 248 cm³/mol. The molecule has 0 aliphatic heterocycles. The molecule has 276 valence electrons. The highest BCUT2D eigenvalue weighted by Crippen LogP contribution is 2.42. The molecule has 0 aliphatic carbocycles. The first-order valence-corrected chi connectivity index (χ1v) is 20.1. The van der Waals surface area contributed by atoms with Crippen molar-refractivity contribution >= 4 is 60.4 Å². The molecular weight excluding hydrogens is 715 g/mol. The Labute approximate surface area is 343 Å². The zero-order valence-electron chi connectivity index (χ0n) is 32.2. The van der Waals surface area contributed by atoms with Crippen molar-refractivity contribution in [3.8, 4) is 44.8 Å². The van der Waals surface area contributed by atoms with Gasteiger partial charge in [-0.05, 0) is 87.6 Å². The summed E-state index contributed by atoms with van der Waals surface area (Å²) < 4.78 is 0. The van der Waals surface area contributed by atoms with Gasteiger partial charge in [-0.3, -0.25) is 0 Å². The van der Waals surface area contributed by atoms with Crippen molar-refractivity contribution < 1.29 is 0 Å². The van der Waals surface area contributed by atoms with Crippen molar-refractivity contribution in [3.63, 3.8) is 0 Å². The summed E-state index contributed by atoms with van der Waals surface area (Å²) in [7, 11) is 0. The first-order chi connectivity index (χ1) is 29.2. The van der Waals surface area contributed by atoms with Crippen LogP contribution in [0, 0.1) is 0 Å². The van der Waals surface area contributed by atoms with E-state index >= 15 is 0 Å². The second kappa shape index (κ2) is 14.6. The molecule has 0 atom stereocenters. The molecule has 0 radical (unpaired) electrons. The molecular formula is C56H37N3. The summed E-state index contributed by atoms with van der Waals surface area (Å²) >= 11 is 0. The van der Waals surface area contributed by atoms with Crippen LogP contribution in [0.15, 0.2) is 224 Å². The highest BCUT2D eigenvalue weighted by molar-refractivity contribution is 6.23. The van der Waals surface area contributed by atoms with Crippen LogP contribution in [-0.4, -0.2) is 9.97 Å². The third-order valence-electron chi connectivity index (χ3n) is 11.4. The van der Waals surface area contributed by atoms with Crippen molar-refractivity contribution in [3.05, 3.63) is 224 Å². The largest absolute Gasteiger partial charge is 0.310 e. The molecule has 0 aliphatic rings. The summed E-state index contributed by atoms with van der Waals surface area (Å²) in [5.74, 6) is 0. The zero-order valence-corrected chi connectivity index (χ0v) is 32.2. The average Bonchev–Trinajstić information content (AvgIpc) is 3.32. The lowest BCUT2D eigenvalue weighted by molar-refractivity contribution is 1.28. The lowest BCUT2D eigenvalue weighted by Crippen LogP contribution is -2.09. The Kier molecular flexibility index (Phi) is 8.49. The molecule has 3 heteroatoms. The Balaban J connectivity index is 1.12. The fourth-order valence-corrected chi connectivity index (χ4v) is 8.56. The fourth-order valence-electron chi connectivity index (χ4n) is 8.56. The molecule has 0 N–H and O–H groups in total. The predicted octanol–water partition coefficient (Wildman–Crippen LogP) is 15.2. The van der Waals surface area contributed by atoms with Gasteiger partial charge in [0.25, 0.3) is 0 Å². The number of benzene rings is 9. The molecule has 0 unspecified atom stereocenters. The van der Waals surface area contributed by atoms with Gasteiger partial charge in [0.05, 0.1) is 22.4 Å². The molecule has 2 heterocycles. The van der Waals surface area contributed by atoms with Gasteiger partial charge in [0.1, 0.15) is 0 Å². The van der Waals surface area contributed by atoms with Crippen LogP contribution in [0.2, 0.25) is 0 Å². The maximum atomic E-state index is 5.46. The number of fused-ring (bicyclic) bond motifs is 6. The third kappa shape index (κ3) is 6.26. The molecule has 0 saturated heterocycles. The van der Waals surface area contributed by atoms with Gasteiger partial charge in [0.2, 0.25) is 0 Å². The van der Waals surface area contributed by atoms with E-state index in [9.17, 15) is 0 Å². The van der Waals surface area contributed by atoms with Gasteiger partial charge >= 0.3 is 0 Å². The van der Waals surface area contributed by atoms with E-state index in [1.165, 1.54) is 27.3 Å². The van der Waals surface area contributed by atoms with E-state index in [-0.39, 0.29) is 0 Å². The molecule has 0 amide bonds. The topological polar surface area (TPSA) is 29.0 Å². The smallest absolute Gasteiger partial charge is 0.0788 e. The van der Waals surface area contributed by atoms with Crippen molar-refractivity contribution in [2.45, 2.75) is 0 Å². The van der Waals surface area contributed by atoms with Gasteiger partial charge in [-0.2, -0.15) is 0 Å². The Morgan fingerprint density at radius 2 is 0.864 bits per heavy atom. The summed E-state index contributed by atoms with van der Waals surface area (Å²) in [6.45, 7) is 0. The average molecular weight is 752 g/mol. The van der Waals surface area contributed by atoms with Gasteiger partial charge < -0.3 is 4.90 Å². The normalized spacial score (nSPS) is 11.4. The zero-order chi connectivity index (χ0) is 39.1. The fraction of sp³-hybridized carbons (Fsp3) is 0. The van der Waals surface area contributed by atoms with E-state index in [4.69, 9.17) is 9.97 Å². The highest BCUT2D eigenvalue weighted by atomic mass is 15.1. The van der Waals surface area contributed by atoms with Crippen LogP contribution in [0.25, 0.3) is 88.1 Å². The van der Waals surface area contributed by atoms with Crippen LogP contribution in [0.1, 0.15) is 0 Å². The molecule has 0 spiro atoms. The van der Waals surface area contributed by atoms with Gasteiger partial charge in [-0.15, -0.1) is 0 Å². The number of aromatic nitrogens is 2. The Morgan fingerprint density at radius 1 is 0.305 bits per heavy atom. The number of pyridine rings is 2. The lowest BCUT2D eigenvalue weighted by atomic mass is 9.92. The maximum Gasteiger partial charge on any atom is 0.0788 e. The summed E-state index contributed by atoms with van der Waals surface area (Å²) in [6, 6.07) is 79.8.